The van der Waals surface area contributed by atoms with Crippen molar-refractivity contribution in [2.75, 3.05) is 31.4 Å². The van der Waals surface area contributed by atoms with Crippen molar-refractivity contribution >= 4 is 11.5 Å². The highest BCUT2D eigenvalue weighted by molar-refractivity contribution is 5.94. The van der Waals surface area contributed by atoms with E-state index in [4.69, 9.17) is 0 Å². The van der Waals surface area contributed by atoms with Crippen molar-refractivity contribution in [1.29, 1.82) is 0 Å². The second-order valence-corrected chi connectivity index (χ2v) is 8.97. The normalized spacial score (nSPS) is 38.5. The Balaban J connectivity index is 1.81. The van der Waals surface area contributed by atoms with Crippen LogP contribution in [0, 0.1) is 27.9 Å². The number of nitrogens with zero attached hydrogens (tertiary/aromatic N) is 3. The Morgan fingerprint density at radius 2 is 1.50 bits per heavy atom. The Morgan fingerprint density at radius 1 is 1.04 bits per heavy atom. The SMILES string of the molecule is CC(C)C12CN3CC(C(C)C)(CN(C1)C3c1ccccc1N([O-])O)C2=O. The molecule has 0 atom stereocenters. The van der Waals surface area contributed by atoms with Gasteiger partial charge in [-0.15, -0.1) is 0 Å². The predicted molar refractivity (Wildman–Crippen MR) is 99.5 cm³/mol. The number of piperidine rings is 2. The van der Waals surface area contributed by atoms with Crippen molar-refractivity contribution in [3.63, 3.8) is 0 Å². The van der Waals surface area contributed by atoms with Crippen LogP contribution in [0.4, 0.5) is 5.69 Å². The zero-order valence-corrected chi connectivity index (χ0v) is 16.0. The summed E-state index contributed by atoms with van der Waals surface area (Å²) in [6.07, 6.45) is -0.0679. The van der Waals surface area contributed by atoms with E-state index < -0.39 is 0 Å². The van der Waals surface area contributed by atoms with E-state index in [9.17, 15) is 15.2 Å². The molecule has 1 aromatic carbocycles. The van der Waals surface area contributed by atoms with Crippen molar-refractivity contribution in [1.82, 2.24) is 9.80 Å². The summed E-state index contributed by atoms with van der Waals surface area (Å²) in [7, 11) is 0. The maximum Gasteiger partial charge on any atom is 0.150 e. The number of rotatable bonds is 4. The van der Waals surface area contributed by atoms with Gasteiger partial charge in [0.2, 0.25) is 0 Å². The number of benzene rings is 1. The fraction of sp³-hybridized carbons (Fsp3) is 0.650. The molecule has 4 fully saturated rings. The van der Waals surface area contributed by atoms with Crippen LogP contribution < -0.4 is 5.23 Å². The van der Waals surface area contributed by atoms with Crippen LogP contribution in [-0.4, -0.2) is 47.0 Å². The zero-order valence-electron chi connectivity index (χ0n) is 16.0. The monoisotopic (exact) mass is 358 g/mol. The number of carbonyl (C=O) groups is 1. The quantitative estimate of drug-likeness (QED) is 0.835. The summed E-state index contributed by atoms with van der Waals surface area (Å²) in [4.78, 5) is 18.3. The lowest BCUT2D eigenvalue weighted by atomic mass is 9.53. The largest absolute Gasteiger partial charge is 0.733 e. The molecule has 5 rings (SSSR count). The molecule has 1 N–H and O–H groups in total. The van der Waals surface area contributed by atoms with Crippen LogP contribution in [-0.2, 0) is 4.79 Å². The highest BCUT2D eigenvalue weighted by Gasteiger charge is 2.67. The molecule has 4 aliphatic rings. The molecule has 142 valence electrons. The van der Waals surface area contributed by atoms with Crippen LogP contribution in [0.3, 0.4) is 0 Å². The Bertz CT molecular complexity index is 685. The van der Waals surface area contributed by atoms with Crippen molar-refractivity contribution in [3.8, 4) is 0 Å². The molecule has 0 spiro atoms. The smallest absolute Gasteiger partial charge is 0.150 e. The van der Waals surface area contributed by atoms with Crippen molar-refractivity contribution in [3.05, 3.63) is 35.0 Å². The van der Waals surface area contributed by atoms with Gasteiger partial charge < -0.3 is 10.4 Å². The minimum atomic E-state index is -0.345. The van der Waals surface area contributed by atoms with Gasteiger partial charge in [0.1, 0.15) is 0 Å². The molecule has 0 aromatic heterocycles. The van der Waals surface area contributed by atoms with Crippen molar-refractivity contribution in [2.45, 2.75) is 33.9 Å². The first-order chi connectivity index (χ1) is 12.2. The minimum absolute atomic E-state index is 0.0375. The lowest BCUT2D eigenvalue weighted by Crippen LogP contribution is -2.78. The van der Waals surface area contributed by atoms with E-state index in [0.717, 1.165) is 31.7 Å². The van der Waals surface area contributed by atoms with Gasteiger partial charge in [0.15, 0.2) is 5.78 Å². The lowest BCUT2D eigenvalue weighted by molar-refractivity contribution is -0.217. The average Bonchev–Trinajstić information content (AvgIpc) is 2.58. The maximum atomic E-state index is 13.6. The summed E-state index contributed by atoms with van der Waals surface area (Å²) >= 11 is 0. The molecule has 4 bridgehead atoms. The zero-order chi connectivity index (χ0) is 18.9. The fourth-order valence-corrected chi connectivity index (χ4v) is 5.55. The summed E-state index contributed by atoms with van der Waals surface area (Å²) in [5, 5.41) is 21.2. The van der Waals surface area contributed by atoms with E-state index in [1.165, 1.54) is 0 Å². The lowest BCUT2D eigenvalue weighted by Gasteiger charge is -2.68. The van der Waals surface area contributed by atoms with Gasteiger partial charge in [0, 0.05) is 31.7 Å². The van der Waals surface area contributed by atoms with Crippen molar-refractivity contribution < 1.29 is 10.0 Å². The van der Waals surface area contributed by atoms with Crippen LogP contribution in [0.1, 0.15) is 39.4 Å². The summed E-state index contributed by atoms with van der Waals surface area (Å²) in [5.74, 6) is 0.967. The fourth-order valence-electron chi connectivity index (χ4n) is 5.55. The summed E-state index contributed by atoms with van der Waals surface area (Å²) < 4.78 is 0. The van der Waals surface area contributed by atoms with Gasteiger partial charge in [-0.1, -0.05) is 45.9 Å². The summed E-state index contributed by atoms with van der Waals surface area (Å²) in [6.45, 7) is 11.5. The molecular weight excluding hydrogens is 330 g/mol. The van der Waals surface area contributed by atoms with E-state index in [0.29, 0.717) is 5.78 Å². The van der Waals surface area contributed by atoms with Crippen LogP contribution in [0.25, 0.3) is 0 Å². The van der Waals surface area contributed by atoms with Crippen molar-refractivity contribution in [2.24, 2.45) is 22.7 Å². The molecule has 6 nitrogen and oxygen atoms in total. The van der Waals surface area contributed by atoms with E-state index >= 15 is 0 Å². The van der Waals surface area contributed by atoms with E-state index in [-0.39, 0.29) is 39.7 Å². The second-order valence-electron chi connectivity index (χ2n) is 8.97. The highest BCUT2D eigenvalue weighted by Crippen LogP contribution is 2.57. The maximum absolute atomic E-state index is 13.6. The minimum Gasteiger partial charge on any atom is -0.733 e. The van der Waals surface area contributed by atoms with Crippen LogP contribution in [0.15, 0.2) is 24.3 Å². The molecule has 26 heavy (non-hydrogen) atoms. The van der Waals surface area contributed by atoms with Crippen LogP contribution in [0.5, 0.6) is 0 Å². The molecule has 0 unspecified atom stereocenters. The van der Waals surface area contributed by atoms with Crippen LogP contribution >= 0.6 is 0 Å². The van der Waals surface area contributed by atoms with E-state index in [2.05, 4.69) is 37.5 Å². The molecular formula is C20H28N3O3-. The van der Waals surface area contributed by atoms with Gasteiger partial charge in [0.05, 0.1) is 22.7 Å². The molecule has 0 amide bonds. The van der Waals surface area contributed by atoms with Gasteiger partial charge in [-0.25, -0.2) is 0 Å². The molecule has 0 radical (unpaired) electrons. The Morgan fingerprint density at radius 3 is 1.92 bits per heavy atom. The first-order valence-corrected chi connectivity index (χ1v) is 9.51. The summed E-state index contributed by atoms with van der Waals surface area (Å²) in [5.41, 5.74) is 0.410. The van der Waals surface area contributed by atoms with Gasteiger partial charge >= 0.3 is 0 Å². The Kier molecular flexibility index (Phi) is 3.97. The second kappa shape index (κ2) is 5.76. The number of hydrogen-bond acceptors (Lipinski definition) is 6. The first kappa shape index (κ1) is 17.9. The Labute approximate surface area is 154 Å². The number of hydrogen-bond donors (Lipinski definition) is 1. The molecule has 0 saturated carbocycles. The third-order valence-corrected chi connectivity index (χ3v) is 7.17. The number of para-hydroxylation sites is 1. The Hall–Kier alpha value is -1.47. The van der Waals surface area contributed by atoms with E-state index in [1.807, 2.05) is 12.1 Å². The van der Waals surface area contributed by atoms with Gasteiger partial charge in [-0.2, -0.15) is 0 Å². The molecule has 1 aromatic rings. The number of Topliss-reactive ketones (excluding diaryl/α,β-unsaturated/α-hetero) is 1. The average molecular weight is 358 g/mol. The molecule has 0 aliphatic carbocycles. The number of carbonyl (C=O) groups excluding carboxylic acids is 1. The molecule has 4 heterocycles. The number of anilines is 1. The predicted octanol–water partition coefficient (Wildman–Crippen LogP) is 2.88. The van der Waals surface area contributed by atoms with Gasteiger partial charge in [-0.05, 0) is 17.9 Å². The summed E-state index contributed by atoms with van der Waals surface area (Å²) in [6, 6.07) is 7.22. The molecule has 6 heteroatoms. The van der Waals surface area contributed by atoms with Crippen LogP contribution in [0.2, 0.25) is 0 Å². The van der Waals surface area contributed by atoms with Gasteiger partial charge in [-0.3, -0.25) is 19.8 Å². The third-order valence-electron chi connectivity index (χ3n) is 7.17. The molecule has 4 aliphatic heterocycles. The number of ketones is 1. The standard InChI is InChI=1S/C20H28N3O3/c1-13(2)19-9-21-11-20(14(3)4,18(19)24)12-22(10-19)17(21)15-7-5-6-8-16(15)23(25)26/h5-8,13-14,17,25H,9-12H2,1-4H3/q-1. The first-order valence-electron chi connectivity index (χ1n) is 9.51. The van der Waals surface area contributed by atoms with Gasteiger partial charge in [0.25, 0.3) is 0 Å². The molecule has 4 saturated heterocycles. The topological polar surface area (TPSA) is 70.1 Å². The third kappa shape index (κ3) is 2.16. The van der Waals surface area contributed by atoms with E-state index in [1.54, 1.807) is 12.1 Å². The highest BCUT2D eigenvalue weighted by atomic mass is 16.8.